The largest absolute Gasteiger partial charge is 0.480 e. The van der Waals surface area contributed by atoms with Gasteiger partial charge in [0.1, 0.15) is 5.25 Å². The minimum absolute atomic E-state index is 0.111. The van der Waals surface area contributed by atoms with E-state index in [1.165, 1.54) is 22.9 Å². The zero-order valence-corrected chi connectivity index (χ0v) is 17.9. The van der Waals surface area contributed by atoms with Crippen LogP contribution >= 0.6 is 23.4 Å². The highest BCUT2D eigenvalue weighted by Crippen LogP contribution is 2.30. The Labute approximate surface area is 172 Å². The Morgan fingerprint density at radius 1 is 1.00 bits per heavy atom. The number of carboxylic acid groups (broad SMARTS) is 1. The monoisotopic (exact) mass is 404 g/mol. The van der Waals surface area contributed by atoms with Crippen LogP contribution in [-0.4, -0.2) is 16.3 Å². The number of aliphatic carboxylic acids is 1. The van der Waals surface area contributed by atoms with Crippen molar-refractivity contribution in [1.82, 2.24) is 0 Å². The van der Waals surface area contributed by atoms with Gasteiger partial charge in [-0.25, -0.2) is 0 Å². The minimum atomic E-state index is -0.724. The third-order valence-electron chi connectivity index (χ3n) is 4.62. The highest BCUT2D eigenvalue weighted by atomic mass is 35.5. The van der Waals surface area contributed by atoms with Crippen molar-refractivity contribution in [2.24, 2.45) is 0 Å². The van der Waals surface area contributed by atoms with Gasteiger partial charge in [0.2, 0.25) is 0 Å². The summed E-state index contributed by atoms with van der Waals surface area (Å²) in [6.07, 6.45) is 4.74. The minimum Gasteiger partial charge on any atom is -0.480 e. The molecule has 2 nitrogen and oxygen atoms in total. The van der Waals surface area contributed by atoms with Gasteiger partial charge in [0.15, 0.2) is 0 Å². The standard InChI is InChI=1S/C23H29ClO2S/c1-23(2,3)18-11-15-20(16-12-18)27-21(22(25)26)8-6-4-5-7-17-9-13-19(24)14-10-17/h9-16,21H,4-8H2,1-3H3,(H,25,26). The van der Waals surface area contributed by atoms with E-state index in [2.05, 4.69) is 45.0 Å². The Morgan fingerprint density at radius 2 is 1.63 bits per heavy atom. The maximum Gasteiger partial charge on any atom is 0.316 e. The van der Waals surface area contributed by atoms with E-state index in [9.17, 15) is 9.90 Å². The van der Waals surface area contributed by atoms with Crippen molar-refractivity contribution in [3.63, 3.8) is 0 Å². The lowest BCUT2D eigenvalue weighted by Gasteiger charge is -2.19. The molecular formula is C23H29ClO2S. The molecule has 0 aromatic heterocycles. The second-order valence-corrected chi connectivity index (χ2v) is 9.66. The van der Waals surface area contributed by atoms with Crippen LogP contribution in [0.5, 0.6) is 0 Å². The Kier molecular flexibility index (Phi) is 8.25. The quantitative estimate of drug-likeness (QED) is 0.361. The van der Waals surface area contributed by atoms with E-state index in [4.69, 9.17) is 11.6 Å². The van der Waals surface area contributed by atoms with Crippen molar-refractivity contribution >= 4 is 29.3 Å². The zero-order chi connectivity index (χ0) is 19.9. The highest BCUT2D eigenvalue weighted by Gasteiger charge is 2.19. The number of hydrogen-bond acceptors (Lipinski definition) is 2. The van der Waals surface area contributed by atoms with Crippen LogP contribution in [0, 0.1) is 0 Å². The predicted octanol–water partition coefficient (Wildman–Crippen LogP) is 6.99. The third kappa shape index (κ3) is 7.59. The van der Waals surface area contributed by atoms with Crippen LogP contribution in [0.1, 0.15) is 57.6 Å². The van der Waals surface area contributed by atoms with Crippen molar-refractivity contribution in [2.75, 3.05) is 0 Å². The summed E-state index contributed by atoms with van der Waals surface area (Å²) in [6, 6.07) is 16.2. The summed E-state index contributed by atoms with van der Waals surface area (Å²) >= 11 is 7.36. The van der Waals surface area contributed by atoms with Crippen molar-refractivity contribution in [2.45, 2.75) is 68.4 Å². The Hall–Kier alpha value is -1.45. The van der Waals surface area contributed by atoms with E-state index < -0.39 is 5.97 Å². The van der Waals surface area contributed by atoms with E-state index in [1.54, 1.807) is 0 Å². The average molecular weight is 405 g/mol. The van der Waals surface area contributed by atoms with Crippen LogP contribution in [0.2, 0.25) is 5.02 Å². The van der Waals surface area contributed by atoms with Crippen LogP contribution in [0.25, 0.3) is 0 Å². The molecule has 2 rings (SSSR count). The maximum absolute atomic E-state index is 11.6. The van der Waals surface area contributed by atoms with Crippen LogP contribution < -0.4 is 0 Å². The second-order valence-electron chi connectivity index (χ2n) is 7.94. The number of carbonyl (C=O) groups is 1. The number of carboxylic acids is 1. The number of hydrogen-bond donors (Lipinski definition) is 1. The average Bonchev–Trinajstić information content (AvgIpc) is 2.61. The molecule has 0 amide bonds. The molecule has 2 aromatic carbocycles. The first kappa shape index (κ1) is 21.8. The van der Waals surface area contributed by atoms with Gasteiger partial charge in [-0.2, -0.15) is 0 Å². The number of unbranched alkanes of at least 4 members (excludes halogenated alkanes) is 2. The van der Waals surface area contributed by atoms with Gasteiger partial charge in [-0.15, -0.1) is 11.8 Å². The molecule has 0 saturated carbocycles. The van der Waals surface area contributed by atoms with E-state index in [-0.39, 0.29) is 10.7 Å². The summed E-state index contributed by atoms with van der Waals surface area (Å²) in [4.78, 5) is 12.6. The molecule has 1 unspecified atom stereocenters. The first-order valence-corrected chi connectivity index (χ1v) is 10.8. The van der Waals surface area contributed by atoms with Crippen molar-refractivity contribution < 1.29 is 9.90 Å². The summed E-state index contributed by atoms with van der Waals surface area (Å²) in [7, 11) is 0. The molecule has 1 N–H and O–H groups in total. The second kappa shape index (κ2) is 10.2. The van der Waals surface area contributed by atoms with Gasteiger partial charge in [0.05, 0.1) is 0 Å². The van der Waals surface area contributed by atoms with Crippen LogP contribution in [0.4, 0.5) is 0 Å². The zero-order valence-electron chi connectivity index (χ0n) is 16.4. The molecule has 0 aliphatic heterocycles. The predicted molar refractivity (Wildman–Crippen MR) is 116 cm³/mol. The number of benzene rings is 2. The molecule has 0 saturated heterocycles. The van der Waals surface area contributed by atoms with E-state index in [0.29, 0.717) is 6.42 Å². The van der Waals surface area contributed by atoms with Gasteiger partial charge < -0.3 is 5.11 Å². The van der Waals surface area contributed by atoms with Crippen LogP contribution in [0.3, 0.4) is 0 Å². The molecule has 146 valence electrons. The number of halogens is 1. The van der Waals surface area contributed by atoms with Gasteiger partial charge in [0, 0.05) is 9.92 Å². The number of aryl methyl sites for hydroxylation is 1. The molecule has 0 aliphatic rings. The van der Waals surface area contributed by atoms with Crippen molar-refractivity contribution in [3.8, 4) is 0 Å². The molecule has 0 fully saturated rings. The van der Waals surface area contributed by atoms with Crippen LogP contribution in [-0.2, 0) is 16.6 Å². The molecule has 0 heterocycles. The van der Waals surface area contributed by atoms with Crippen molar-refractivity contribution in [3.05, 3.63) is 64.7 Å². The molecule has 0 radical (unpaired) electrons. The summed E-state index contributed by atoms with van der Waals surface area (Å²) in [6.45, 7) is 6.54. The lowest BCUT2D eigenvalue weighted by atomic mass is 9.87. The molecule has 0 bridgehead atoms. The first-order chi connectivity index (χ1) is 12.8. The third-order valence-corrected chi connectivity index (χ3v) is 6.14. The Morgan fingerprint density at radius 3 is 2.19 bits per heavy atom. The lowest BCUT2D eigenvalue weighted by molar-refractivity contribution is -0.136. The lowest BCUT2D eigenvalue weighted by Crippen LogP contribution is -2.16. The molecule has 0 aliphatic carbocycles. The summed E-state index contributed by atoms with van der Waals surface area (Å²) in [5.74, 6) is -0.724. The molecular weight excluding hydrogens is 376 g/mol. The Balaban J connectivity index is 1.78. The van der Waals surface area contributed by atoms with Gasteiger partial charge in [0.25, 0.3) is 0 Å². The van der Waals surface area contributed by atoms with Crippen molar-refractivity contribution in [1.29, 1.82) is 0 Å². The molecule has 0 spiro atoms. The fourth-order valence-corrected chi connectivity index (χ4v) is 4.05. The molecule has 27 heavy (non-hydrogen) atoms. The first-order valence-electron chi connectivity index (χ1n) is 9.50. The van der Waals surface area contributed by atoms with Gasteiger partial charge in [-0.1, -0.05) is 69.5 Å². The highest BCUT2D eigenvalue weighted by molar-refractivity contribution is 8.00. The fraction of sp³-hybridized carbons (Fsp3) is 0.435. The maximum atomic E-state index is 11.6. The van der Waals surface area contributed by atoms with Gasteiger partial charge >= 0.3 is 5.97 Å². The number of thioether (sulfide) groups is 1. The van der Waals surface area contributed by atoms with Crippen LogP contribution in [0.15, 0.2) is 53.4 Å². The smallest absolute Gasteiger partial charge is 0.316 e. The molecule has 2 aromatic rings. The molecule has 4 heteroatoms. The summed E-state index contributed by atoms with van der Waals surface area (Å²) < 4.78 is 0. The van der Waals surface area contributed by atoms with Gasteiger partial charge in [-0.05, 0) is 60.1 Å². The molecule has 1 atom stereocenters. The van der Waals surface area contributed by atoms with E-state index in [1.807, 2.05) is 24.3 Å². The topological polar surface area (TPSA) is 37.3 Å². The normalized spacial score (nSPS) is 12.7. The summed E-state index contributed by atoms with van der Waals surface area (Å²) in [5.41, 5.74) is 2.66. The Bertz CT molecular complexity index is 718. The number of rotatable bonds is 9. The van der Waals surface area contributed by atoms with Gasteiger partial charge in [-0.3, -0.25) is 4.79 Å². The SMILES string of the molecule is CC(C)(C)c1ccc(SC(CCCCCc2ccc(Cl)cc2)C(=O)O)cc1. The van der Waals surface area contributed by atoms with E-state index in [0.717, 1.165) is 35.6 Å². The summed E-state index contributed by atoms with van der Waals surface area (Å²) in [5, 5.41) is 9.92. The fourth-order valence-electron chi connectivity index (χ4n) is 2.92. The van der Waals surface area contributed by atoms with E-state index >= 15 is 0 Å².